The van der Waals surface area contributed by atoms with E-state index in [1.807, 2.05) is 93.6 Å². The van der Waals surface area contributed by atoms with Gasteiger partial charge < -0.3 is 14.4 Å². The molecule has 0 bridgehead atoms. The molecule has 0 aliphatic rings. The average molecular weight is 940 g/mol. The van der Waals surface area contributed by atoms with Crippen molar-refractivity contribution in [2.24, 2.45) is 5.41 Å². The van der Waals surface area contributed by atoms with E-state index in [0.29, 0.717) is 33.7 Å². The van der Waals surface area contributed by atoms with E-state index in [-0.39, 0.29) is 31.4 Å². The Bertz CT molecular complexity index is 3090. The molecule has 58 heavy (non-hydrogen) atoms. The summed E-state index contributed by atoms with van der Waals surface area (Å²) in [6, 6.07) is 52.5. The average Bonchev–Trinajstić information content (AvgIpc) is 3.68. The molecular weight excluding hydrogens is 887 g/mol. The zero-order valence-corrected chi connectivity index (χ0v) is 34.7. The van der Waals surface area contributed by atoms with Crippen molar-refractivity contribution in [1.29, 1.82) is 0 Å². The Morgan fingerprint density at radius 3 is 2.12 bits per heavy atom. The van der Waals surface area contributed by atoms with Gasteiger partial charge in [-0.2, -0.15) is 0 Å². The Labute approximate surface area is 366 Å². The van der Waals surface area contributed by atoms with Gasteiger partial charge in [-0.1, -0.05) is 147 Å². The molecule has 0 aliphatic carbocycles. The van der Waals surface area contributed by atoms with Crippen LogP contribution in [0, 0.1) is 31.3 Å². The van der Waals surface area contributed by atoms with E-state index in [0.717, 1.165) is 39.6 Å². The molecule has 0 saturated heterocycles. The van der Waals surface area contributed by atoms with Gasteiger partial charge in [-0.25, -0.2) is 4.98 Å². The molecule has 5 heteroatoms. The van der Waals surface area contributed by atoms with Crippen molar-refractivity contribution in [1.82, 2.24) is 15.0 Å². The van der Waals surface area contributed by atoms with Crippen molar-refractivity contribution in [3.05, 3.63) is 198 Å². The van der Waals surface area contributed by atoms with E-state index in [2.05, 4.69) is 63.5 Å². The molecule has 4 nitrogen and oxygen atoms in total. The van der Waals surface area contributed by atoms with Crippen LogP contribution in [0.2, 0.25) is 0 Å². The number of aryl methyl sites for hydroxylation is 2. The van der Waals surface area contributed by atoms with Crippen molar-refractivity contribution >= 4 is 22.1 Å². The van der Waals surface area contributed by atoms with E-state index in [1.54, 1.807) is 36.7 Å². The second-order valence-electron chi connectivity index (χ2n) is 14.9. The Hall–Kier alpha value is -6.00. The molecule has 0 atom stereocenters. The van der Waals surface area contributed by atoms with Crippen LogP contribution in [-0.2, 0) is 32.9 Å². The fourth-order valence-electron chi connectivity index (χ4n) is 6.77. The van der Waals surface area contributed by atoms with Crippen molar-refractivity contribution in [2.75, 3.05) is 0 Å². The number of hydrogen-bond donors (Lipinski definition) is 0. The largest absolute Gasteiger partial charge is 0.486 e. The summed E-state index contributed by atoms with van der Waals surface area (Å²) in [5.41, 5.74) is 10.0. The van der Waals surface area contributed by atoms with Crippen molar-refractivity contribution < 1.29 is 35.5 Å². The monoisotopic (exact) mass is 940 g/mol. The summed E-state index contributed by atoms with van der Waals surface area (Å²) in [6.07, 6.45) is 2.59. The van der Waals surface area contributed by atoms with Gasteiger partial charge in [-0.05, 0) is 88.0 Å². The molecular formula is C53H45IrN3O-2. The van der Waals surface area contributed by atoms with Crippen LogP contribution < -0.4 is 0 Å². The summed E-state index contributed by atoms with van der Waals surface area (Å²) in [5.74, 6) is 0. The SMILES string of the molecule is [2H]C([2H])([2H])c1c[c-]c(-c2ccc(C([2H])([2H])C(C)(C)C)cn2)cc1-c1ccccc1.[2H]C([2H])([2H])c1ccc2c(n1)oc1c(-c3cc(Cc4ccc(-c5ccccc5)cc4)ccn3)[c-]ccc12.[Ir]. The third-order valence-electron chi connectivity index (χ3n) is 9.44. The van der Waals surface area contributed by atoms with Crippen LogP contribution >= 0.6 is 0 Å². The molecule has 289 valence electrons. The van der Waals surface area contributed by atoms with Crippen LogP contribution in [0.1, 0.15) is 59.7 Å². The van der Waals surface area contributed by atoms with E-state index < -0.39 is 25.5 Å². The molecule has 9 rings (SSSR count). The summed E-state index contributed by atoms with van der Waals surface area (Å²) in [4.78, 5) is 13.3. The van der Waals surface area contributed by atoms with Gasteiger partial charge >= 0.3 is 0 Å². The summed E-state index contributed by atoms with van der Waals surface area (Å²) in [5, 5.41) is 1.62. The van der Waals surface area contributed by atoms with Crippen LogP contribution in [0.4, 0.5) is 0 Å². The number of rotatable bonds is 7. The minimum atomic E-state index is -2.29. The Morgan fingerprint density at radius 2 is 1.41 bits per heavy atom. The van der Waals surface area contributed by atoms with E-state index >= 15 is 0 Å². The third kappa shape index (κ3) is 9.40. The fraction of sp³-hybridized carbons (Fsp3) is 0.151. The van der Waals surface area contributed by atoms with Crippen LogP contribution in [0.25, 0.3) is 66.8 Å². The number of nitrogens with zero attached hydrogens (tertiary/aromatic N) is 3. The Morgan fingerprint density at radius 1 is 0.672 bits per heavy atom. The van der Waals surface area contributed by atoms with E-state index in [9.17, 15) is 0 Å². The van der Waals surface area contributed by atoms with Gasteiger partial charge in [0.05, 0.1) is 5.58 Å². The van der Waals surface area contributed by atoms with E-state index in [1.165, 1.54) is 28.8 Å². The molecule has 0 aliphatic heterocycles. The van der Waals surface area contributed by atoms with Crippen LogP contribution in [-0.4, -0.2) is 15.0 Å². The summed E-state index contributed by atoms with van der Waals surface area (Å²) >= 11 is 0. The molecule has 4 aromatic heterocycles. The van der Waals surface area contributed by atoms with E-state index in [4.69, 9.17) is 15.4 Å². The van der Waals surface area contributed by atoms with Crippen molar-refractivity contribution in [3.8, 4) is 44.8 Å². The molecule has 9 aromatic rings. The first-order chi connectivity index (χ1) is 30.9. The van der Waals surface area contributed by atoms with Gasteiger partial charge in [-0.3, -0.25) is 0 Å². The molecule has 0 amide bonds. The molecule has 0 spiro atoms. The maximum absolute atomic E-state index is 8.39. The summed E-state index contributed by atoms with van der Waals surface area (Å²) in [6.45, 7) is 1.02. The van der Waals surface area contributed by atoms with Crippen LogP contribution in [0.3, 0.4) is 0 Å². The van der Waals surface area contributed by atoms with Gasteiger partial charge in [0.2, 0.25) is 5.71 Å². The maximum Gasteiger partial charge on any atom is 0.216 e. The quantitative estimate of drug-likeness (QED) is 0.149. The van der Waals surface area contributed by atoms with Gasteiger partial charge in [-0.15, -0.1) is 47.5 Å². The molecule has 0 unspecified atom stereocenters. The van der Waals surface area contributed by atoms with Crippen molar-refractivity contribution in [3.63, 3.8) is 0 Å². The minimum absolute atomic E-state index is 0. The number of hydrogen-bond acceptors (Lipinski definition) is 4. The minimum Gasteiger partial charge on any atom is -0.486 e. The number of benzene rings is 5. The first-order valence-electron chi connectivity index (χ1n) is 22.8. The van der Waals surface area contributed by atoms with Crippen LogP contribution in [0.5, 0.6) is 0 Å². The topological polar surface area (TPSA) is 51.8 Å². The number of pyridine rings is 3. The van der Waals surface area contributed by atoms with Crippen molar-refractivity contribution in [2.45, 2.75) is 47.3 Å². The zero-order valence-electron chi connectivity index (χ0n) is 40.3. The number of aromatic nitrogens is 3. The Kier molecular flexibility index (Phi) is 9.45. The standard InChI is InChI=1S/C30H21N2O.C23H24N.Ir/c1-20-10-15-26-25-8-5-9-27(29(25)33-30(26)32-20)28-19-22(16-17-31-28)18-21-11-13-24(14-12-21)23-6-3-2-4-7-23;1-17-10-12-20(14-21(17)19-8-6-5-7-9-19)22-13-11-18(16-24-22)15-23(2,3)4;/h2-8,10-17,19H,18H2,1H3;5-11,13-14,16H,15H2,1-4H3;/q2*-1;/i1D3;1D3,15D2;. The molecule has 0 N–H and O–H groups in total. The number of fused-ring (bicyclic) bond motifs is 3. The normalized spacial score (nSPS) is 13.9. The molecule has 0 fully saturated rings. The molecule has 0 saturated carbocycles. The molecule has 5 aromatic carbocycles. The van der Waals surface area contributed by atoms with Gasteiger partial charge in [0.25, 0.3) is 0 Å². The Balaban J connectivity index is 0.000000198. The first kappa shape index (κ1) is 31.0. The van der Waals surface area contributed by atoms with Gasteiger partial charge in [0.15, 0.2) is 0 Å². The summed E-state index contributed by atoms with van der Waals surface area (Å²) < 4.78 is 69.3. The summed E-state index contributed by atoms with van der Waals surface area (Å²) in [7, 11) is 0. The molecule has 4 heterocycles. The van der Waals surface area contributed by atoms with Crippen LogP contribution in [0.15, 0.2) is 162 Å². The fourth-order valence-corrected chi connectivity index (χ4v) is 6.77. The first-order valence-corrected chi connectivity index (χ1v) is 18.8. The number of furan rings is 1. The smallest absolute Gasteiger partial charge is 0.216 e. The van der Waals surface area contributed by atoms with Gasteiger partial charge in [0.1, 0.15) is 0 Å². The predicted molar refractivity (Wildman–Crippen MR) is 235 cm³/mol. The molecule has 1 radical (unpaired) electrons. The second kappa shape index (κ2) is 17.6. The van der Waals surface area contributed by atoms with Gasteiger partial charge in [0, 0.05) is 54.5 Å². The maximum atomic E-state index is 8.39. The second-order valence-corrected chi connectivity index (χ2v) is 14.9. The third-order valence-corrected chi connectivity index (χ3v) is 9.44. The predicted octanol–water partition coefficient (Wildman–Crippen LogP) is 13.5. The zero-order chi connectivity index (χ0) is 46.1.